The van der Waals surface area contributed by atoms with Crippen molar-refractivity contribution in [2.24, 2.45) is 0 Å². The molecule has 0 saturated carbocycles. The summed E-state index contributed by atoms with van der Waals surface area (Å²) in [6.45, 7) is 5.13. The van der Waals surface area contributed by atoms with Gasteiger partial charge in [-0.2, -0.15) is 0 Å². The number of carbonyl (C=O) groups excluding carboxylic acids is 1. The van der Waals surface area contributed by atoms with Gasteiger partial charge in [0, 0.05) is 0 Å². The van der Waals surface area contributed by atoms with Gasteiger partial charge in [0.05, 0.1) is 11.5 Å². The molecule has 16 heavy (non-hydrogen) atoms. The van der Waals surface area contributed by atoms with Crippen molar-refractivity contribution in [3.05, 3.63) is 12.2 Å². The van der Waals surface area contributed by atoms with Gasteiger partial charge in [0.15, 0.2) is 9.84 Å². The molecule has 0 N–H and O–H groups in total. The van der Waals surface area contributed by atoms with Crippen LogP contribution in [0.15, 0.2) is 12.2 Å². The highest BCUT2D eigenvalue weighted by Crippen LogP contribution is 2.13. The van der Waals surface area contributed by atoms with Gasteiger partial charge in [-0.1, -0.05) is 6.08 Å². The Labute approximate surface area is 95.3 Å². The average molecular weight is 248 g/mol. The second-order valence-corrected chi connectivity index (χ2v) is 6.78. The highest BCUT2D eigenvalue weighted by molar-refractivity contribution is 7.91. The summed E-state index contributed by atoms with van der Waals surface area (Å²) in [5, 5.41) is 0. The van der Waals surface area contributed by atoms with E-state index in [0.717, 1.165) is 0 Å². The molecule has 1 rings (SSSR count). The van der Waals surface area contributed by atoms with E-state index in [0.29, 0.717) is 0 Å². The zero-order valence-corrected chi connectivity index (χ0v) is 10.4. The molecular formula is C10H16O5S. The lowest BCUT2D eigenvalue weighted by Gasteiger charge is -2.22. The van der Waals surface area contributed by atoms with Gasteiger partial charge in [-0.15, -0.1) is 0 Å². The molecule has 1 heterocycles. The molecule has 0 aromatic carbocycles. The number of carbonyl (C=O) groups is 1. The van der Waals surface area contributed by atoms with E-state index in [1.165, 1.54) is 6.08 Å². The number of sulfone groups is 1. The topological polar surface area (TPSA) is 69.7 Å². The second-order valence-electron chi connectivity index (χ2n) is 4.63. The van der Waals surface area contributed by atoms with Gasteiger partial charge in [-0.05, 0) is 26.8 Å². The van der Waals surface area contributed by atoms with E-state index in [9.17, 15) is 13.2 Å². The van der Waals surface area contributed by atoms with Crippen LogP contribution >= 0.6 is 0 Å². The first kappa shape index (κ1) is 13.0. The lowest BCUT2D eigenvalue weighted by molar-refractivity contribution is -0.0151. The number of rotatable bonds is 1. The third-order valence-corrected chi connectivity index (χ3v) is 3.29. The predicted molar refractivity (Wildman–Crippen MR) is 58.9 cm³/mol. The fourth-order valence-electron chi connectivity index (χ4n) is 1.20. The summed E-state index contributed by atoms with van der Waals surface area (Å²) in [4.78, 5) is 11.3. The van der Waals surface area contributed by atoms with Gasteiger partial charge in [0.1, 0.15) is 11.7 Å². The monoisotopic (exact) mass is 248 g/mol. The minimum Gasteiger partial charge on any atom is -0.429 e. The van der Waals surface area contributed by atoms with Crippen LogP contribution in [-0.4, -0.2) is 37.8 Å². The first-order valence-electron chi connectivity index (χ1n) is 4.95. The molecule has 0 amide bonds. The van der Waals surface area contributed by atoms with Crippen LogP contribution in [0, 0.1) is 0 Å². The maximum atomic E-state index is 11.3. The Kier molecular flexibility index (Phi) is 3.62. The predicted octanol–water partition coefficient (Wildman–Crippen LogP) is 1.29. The van der Waals surface area contributed by atoms with Crippen LogP contribution in [0.25, 0.3) is 0 Å². The van der Waals surface area contributed by atoms with Crippen LogP contribution in [0.2, 0.25) is 0 Å². The quantitative estimate of drug-likeness (QED) is 0.516. The highest BCUT2D eigenvalue weighted by atomic mass is 32.2. The largest absolute Gasteiger partial charge is 0.509 e. The minimum atomic E-state index is -3.14. The maximum absolute atomic E-state index is 11.3. The van der Waals surface area contributed by atoms with E-state index in [2.05, 4.69) is 0 Å². The van der Waals surface area contributed by atoms with E-state index in [1.54, 1.807) is 26.8 Å². The van der Waals surface area contributed by atoms with Gasteiger partial charge in [-0.25, -0.2) is 13.2 Å². The summed E-state index contributed by atoms with van der Waals surface area (Å²) in [5.74, 6) is -0.177. The summed E-state index contributed by atoms with van der Waals surface area (Å²) in [5.41, 5.74) is -0.645. The van der Waals surface area contributed by atoms with Crippen molar-refractivity contribution in [1.29, 1.82) is 0 Å². The average Bonchev–Trinajstić information content (AvgIpc) is 1.96. The molecule has 0 fully saturated rings. The standard InChI is InChI=1S/C10H16O5S/c1-10(2,3)15-9(11)14-8-5-4-6-16(12,13)7-8/h4-5,8H,6-7H2,1-3H3. The molecule has 0 bridgehead atoms. The first-order chi connectivity index (χ1) is 7.18. The Balaban J connectivity index is 2.53. The SMILES string of the molecule is CC(C)(C)OC(=O)OC1C=CCS(=O)(=O)C1. The van der Waals surface area contributed by atoms with Gasteiger partial charge in [0.25, 0.3) is 0 Å². The highest BCUT2D eigenvalue weighted by Gasteiger charge is 2.26. The molecule has 1 aliphatic heterocycles. The fraction of sp³-hybridized carbons (Fsp3) is 0.700. The molecule has 1 unspecified atom stereocenters. The molecule has 92 valence electrons. The molecule has 1 atom stereocenters. The normalized spacial score (nSPS) is 23.8. The molecular weight excluding hydrogens is 232 g/mol. The molecule has 1 aliphatic rings. The third-order valence-electron chi connectivity index (χ3n) is 1.76. The van der Waals surface area contributed by atoms with Crippen molar-refractivity contribution < 1.29 is 22.7 Å². The van der Waals surface area contributed by atoms with E-state index < -0.39 is 27.7 Å². The maximum Gasteiger partial charge on any atom is 0.509 e. The Morgan fingerprint density at radius 3 is 2.50 bits per heavy atom. The van der Waals surface area contributed by atoms with E-state index in [-0.39, 0.29) is 11.5 Å². The van der Waals surface area contributed by atoms with Crippen molar-refractivity contribution in [2.75, 3.05) is 11.5 Å². The van der Waals surface area contributed by atoms with Crippen molar-refractivity contribution in [3.8, 4) is 0 Å². The summed E-state index contributed by atoms with van der Waals surface area (Å²) in [7, 11) is -3.14. The van der Waals surface area contributed by atoms with Gasteiger partial charge in [-0.3, -0.25) is 0 Å². The Morgan fingerprint density at radius 1 is 1.38 bits per heavy atom. The number of hydrogen-bond donors (Lipinski definition) is 0. The van der Waals surface area contributed by atoms with Crippen molar-refractivity contribution in [3.63, 3.8) is 0 Å². The van der Waals surface area contributed by atoms with Crippen LogP contribution in [0.4, 0.5) is 4.79 Å². The summed E-state index contributed by atoms with van der Waals surface area (Å²) in [6.07, 6.45) is 1.45. The molecule has 0 saturated heterocycles. The molecule has 0 spiro atoms. The molecule has 6 heteroatoms. The molecule has 0 radical (unpaired) electrons. The first-order valence-corrected chi connectivity index (χ1v) is 6.77. The minimum absolute atomic E-state index is 0.00117. The van der Waals surface area contributed by atoms with Crippen LogP contribution in [-0.2, 0) is 19.3 Å². The van der Waals surface area contributed by atoms with Gasteiger partial charge < -0.3 is 9.47 Å². The lowest BCUT2D eigenvalue weighted by atomic mass is 10.2. The Bertz CT molecular complexity index is 388. The Morgan fingerprint density at radius 2 is 2.00 bits per heavy atom. The van der Waals surface area contributed by atoms with Crippen LogP contribution < -0.4 is 0 Å². The van der Waals surface area contributed by atoms with Gasteiger partial charge in [0.2, 0.25) is 0 Å². The van der Waals surface area contributed by atoms with Crippen molar-refractivity contribution in [1.82, 2.24) is 0 Å². The van der Waals surface area contributed by atoms with Crippen LogP contribution in [0.1, 0.15) is 20.8 Å². The Hall–Kier alpha value is -1.04. The second kappa shape index (κ2) is 4.45. The number of ether oxygens (including phenoxy) is 2. The summed E-state index contributed by atoms with van der Waals surface area (Å²) < 4.78 is 32.3. The van der Waals surface area contributed by atoms with E-state index in [4.69, 9.17) is 9.47 Å². The third kappa shape index (κ3) is 4.65. The number of hydrogen-bond acceptors (Lipinski definition) is 5. The van der Waals surface area contributed by atoms with Crippen molar-refractivity contribution >= 4 is 16.0 Å². The van der Waals surface area contributed by atoms with Crippen LogP contribution in [0.3, 0.4) is 0 Å². The zero-order chi connectivity index (χ0) is 12.4. The lowest BCUT2D eigenvalue weighted by Crippen LogP contribution is -2.32. The molecule has 0 aromatic rings. The van der Waals surface area contributed by atoms with E-state index >= 15 is 0 Å². The van der Waals surface area contributed by atoms with E-state index in [1.807, 2.05) is 0 Å². The van der Waals surface area contributed by atoms with Crippen molar-refractivity contribution in [2.45, 2.75) is 32.5 Å². The molecule has 0 aliphatic carbocycles. The zero-order valence-electron chi connectivity index (χ0n) is 9.60. The van der Waals surface area contributed by atoms with Crippen LogP contribution in [0.5, 0.6) is 0 Å². The molecule has 0 aromatic heterocycles. The summed E-state index contributed by atoms with van der Waals surface area (Å²) in [6, 6.07) is 0. The van der Waals surface area contributed by atoms with Gasteiger partial charge >= 0.3 is 6.16 Å². The smallest absolute Gasteiger partial charge is 0.429 e. The molecule has 5 nitrogen and oxygen atoms in total. The summed E-state index contributed by atoms with van der Waals surface area (Å²) >= 11 is 0. The fourth-order valence-corrected chi connectivity index (χ4v) is 2.42.